The number of rotatable bonds is 5. The fourth-order valence-corrected chi connectivity index (χ4v) is 1.56. The number of aliphatic hydroxyl groups is 1. The van der Waals surface area contributed by atoms with Crippen molar-refractivity contribution in [2.45, 2.75) is 33.2 Å². The van der Waals surface area contributed by atoms with Crippen molar-refractivity contribution >= 4 is 5.91 Å². The maximum Gasteiger partial charge on any atom is 0.257 e. The first-order valence-electron chi connectivity index (χ1n) is 5.53. The van der Waals surface area contributed by atoms with Crippen LogP contribution in [0.2, 0.25) is 0 Å². The lowest BCUT2D eigenvalue weighted by molar-refractivity contribution is 0.0692. The predicted molar refractivity (Wildman–Crippen MR) is 61.3 cm³/mol. The minimum Gasteiger partial charge on any atom is -0.469 e. The Morgan fingerprint density at radius 1 is 1.56 bits per heavy atom. The molecule has 1 N–H and O–H groups in total. The van der Waals surface area contributed by atoms with Crippen molar-refractivity contribution in [2.75, 3.05) is 13.2 Å². The molecular formula is C12H19NO3. The minimum absolute atomic E-state index is 0.0414. The molecule has 0 aromatic carbocycles. The Hall–Kier alpha value is -1.29. The van der Waals surface area contributed by atoms with E-state index in [-0.39, 0.29) is 18.6 Å². The molecule has 0 unspecified atom stereocenters. The monoisotopic (exact) mass is 225 g/mol. The third-order valence-corrected chi connectivity index (χ3v) is 2.42. The first-order chi connectivity index (χ1) is 7.56. The highest BCUT2D eigenvalue weighted by atomic mass is 16.3. The van der Waals surface area contributed by atoms with Gasteiger partial charge >= 0.3 is 0 Å². The van der Waals surface area contributed by atoms with E-state index in [0.717, 1.165) is 5.76 Å². The third-order valence-electron chi connectivity index (χ3n) is 2.42. The second-order valence-electron chi connectivity index (χ2n) is 4.12. The van der Waals surface area contributed by atoms with Crippen LogP contribution in [-0.2, 0) is 0 Å². The van der Waals surface area contributed by atoms with Gasteiger partial charge in [-0.25, -0.2) is 0 Å². The van der Waals surface area contributed by atoms with Gasteiger partial charge in [0.15, 0.2) is 0 Å². The highest BCUT2D eigenvalue weighted by molar-refractivity contribution is 5.94. The summed E-state index contributed by atoms with van der Waals surface area (Å²) in [6.07, 6.45) is 2.08. The van der Waals surface area contributed by atoms with Crippen LogP contribution in [0.15, 0.2) is 16.7 Å². The molecule has 0 fully saturated rings. The summed E-state index contributed by atoms with van der Waals surface area (Å²) >= 11 is 0. The fraction of sp³-hybridized carbons (Fsp3) is 0.583. The van der Waals surface area contributed by atoms with Crippen molar-refractivity contribution < 1.29 is 14.3 Å². The van der Waals surface area contributed by atoms with Gasteiger partial charge in [0.1, 0.15) is 12.0 Å². The van der Waals surface area contributed by atoms with Crippen molar-refractivity contribution in [3.8, 4) is 0 Å². The molecule has 0 atom stereocenters. The molecule has 0 spiro atoms. The van der Waals surface area contributed by atoms with E-state index in [9.17, 15) is 4.79 Å². The van der Waals surface area contributed by atoms with Crippen LogP contribution in [0, 0.1) is 6.92 Å². The molecule has 90 valence electrons. The molecule has 0 aliphatic rings. The standard InChI is InChI=1S/C12H19NO3/c1-9(2)13(5-4-6-14)12(15)11-7-10(3)16-8-11/h7-9,14H,4-6H2,1-3H3. The summed E-state index contributed by atoms with van der Waals surface area (Å²) in [4.78, 5) is 13.8. The quantitative estimate of drug-likeness (QED) is 0.831. The summed E-state index contributed by atoms with van der Waals surface area (Å²) in [5.74, 6) is 0.689. The van der Waals surface area contributed by atoms with Gasteiger partial charge in [-0.1, -0.05) is 0 Å². The van der Waals surface area contributed by atoms with E-state index < -0.39 is 0 Å². The van der Waals surface area contributed by atoms with Crippen molar-refractivity contribution in [2.24, 2.45) is 0 Å². The lowest BCUT2D eigenvalue weighted by atomic mass is 10.2. The van der Waals surface area contributed by atoms with Gasteiger partial charge in [-0.05, 0) is 33.3 Å². The summed E-state index contributed by atoms with van der Waals surface area (Å²) in [6, 6.07) is 1.85. The first-order valence-corrected chi connectivity index (χ1v) is 5.53. The van der Waals surface area contributed by atoms with E-state index >= 15 is 0 Å². The number of carbonyl (C=O) groups excluding carboxylic acids is 1. The topological polar surface area (TPSA) is 53.7 Å². The number of hydrogen-bond donors (Lipinski definition) is 1. The van der Waals surface area contributed by atoms with Gasteiger partial charge in [0, 0.05) is 19.2 Å². The largest absolute Gasteiger partial charge is 0.469 e. The zero-order valence-electron chi connectivity index (χ0n) is 10.1. The molecule has 1 rings (SSSR count). The number of hydrogen-bond acceptors (Lipinski definition) is 3. The molecule has 0 radical (unpaired) electrons. The van der Waals surface area contributed by atoms with Gasteiger partial charge < -0.3 is 14.4 Å². The fourth-order valence-electron chi connectivity index (χ4n) is 1.56. The summed E-state index contributed by atoms with van der Waals surface area (Å²) in [5, 5.41) is 8.80. The normalized spacial score (nSPS) is 10.8. The summed E-state index contributed by atoms with van der Waals surface area (Å²) in [6.45, 7) is 6.40. The molecule has 4 heteroatoms. The first kappa shape index (κ1) is 12.8. The van der Waals surface area contributed by atoms with E-state index in [1.54, 1.807) is 11.0 Å². The van der Waals surface area contributed by atoms with Crippen LogP contribution < -0.4 is 0 Å². The Balaban J connectivity index is 2.74. The van der Waals surface area contributed by atoms with Crippen molar-refractivity contribution in [3.63, 3.8) is 0 Å². The van der Waals surface area contributed by atoms with Gasteiger partial charge in [-0.15, -0.1) is 0 Å². The maximum absolute atomic E-state index is 12.1. The van der Waals surface area contributed by atoms with Gasteiger partial charge in [-0.2, -0.15) is 0 Å². The second kappa shape index (κ2) is 5.70. The molecule has 0 saturated carbocycles. The lowest BCUT2D eigenvalue weighted by Gasteiger charge is -2.25. The molecular weight excluding hydrogens is 206 g/mol. The van der Waals surface area contributed by atoms with Crippen LogP contribution in [0.1, 0.15) is 36.4 Å². The minimum atomic E-state index is -0.0414. The van der Waals surface area contributed by atoms with E-state index in [0.29, 0.717) is 18.5 Å². The van der Waals surface area contributed by atoms with Crippen LogP contribution in [0.3, 0.4) is 0 Å². The molecule has 0 aliphatic carbocycles. The molecule has 16 heavy (non-hydrogen) atoms. The number of aliphatic hydroxyl groups excluding tert-OH is 1. The Bertz CT molecular complexity index is 344. The number of nitrogens with zero attached hydrogens (tertiary/aromatic N) is 1. The second-order valence-corrected chi connectivity index (χ2v) is 4.12. The summed E-state index contributed by atoms with van der Waals surface area (Å²) in [7, 11) is 0. The smallest absolute Gasteiger partial charge is 0.257 e. The molecule has 4 nitrogen and oxygen atoms in total. The molecule has 0 saturated heterocycles. The third kappa shape index (κ3) is 3.10. The van der Waals surface area contributed by atoms with Crippen LogP contribution >= 0.6 is 0 Å². The Labute approximate surface area is 95.9 Å². The van der Waals surface area contributed by atoms with Crippen LogP contribution in [0.25, 0.3) is 0 Å². The van der Waals surface area contributed by atoms with Crippen LogP contribution in [0.4, 0.5) is 0 Å². The van der Waals surface area contributed by atoms with Crippen molar-refractivity contribution in [3.05, 3.63) is 23.7 Å². The highest BCUT2D eigenvalue weighted by Crippen LogP contribution is 2.12. The molecule has 0 aliphatic heterocycles. The van der Waals surface area contributed by atoms with Gasteiger partial charge in [-0.3, -0.25) is 4.79 Å². The van der Waals surface area contributed by atoms with Gasteiger partial charge in [0.05, 0.1) is 5.56 Å². The van der Waals surface area contributed by atoms with Crippen molar-refractivity contribution in [1.29, 1.82) is 0 Å². The Kier molecular flexibility index (Phi) is 4.55. The molecule has 1 aromatic rings. The lowest BCUT2D eigenvalue weighted by Crippen LogP contribution is -2.37. The van der Waals surface area contributed by atoms with Crippen LogP contribution in [0.5, 0.6) is 0 Å². The Morgan fingerprint density at radius 2 is 2.25 bits per heavy atom. The zero-order chi connectivity index (χ0) is 12.1. The number of aryl methyl sites for hydroxylation is 1. The Morgan fingerprint density at radius 3 is 2.69 bits per heavy atom. The van der Waals surface area contributed by atoms with E-state index in [1.807, 2.05) is 20.8 Å². The number of furan rings is 1. The van der Waals surface area contributed by atoms with E-state index in [4.69, 9.17) is 9.52 Å². The van der Waals surface area contributed by atoms with E-state index in [2.05, 4.69) is 0 Å². The number of carbonyl (C=O) groups is 1. The van der Waals surface area contributed by atoms with E-state index in [1.165, 1.54) is 6.26 Å². The predicted octanol–water partition coefficient (Wildman–Crippen LogP) is 1.82. The summed E-state index contributed by atoms with van der Waals surface area (Å²) in [5.41, 5.74) is 0.573. The van der Waals surface area contributed by atoms with Crippen molar-refractivity contribution in [1.82, 2.24) is 4.90 Å². The summed E-state index contributed by atoms with van der Waals surface area (Å²) < 4.78 is 5.12. The average molecular weight is 225 g/mol. The highest BCUT2D eigenvalue weighted by Gasteiger charge is 2.19. The van der Waals surface area contributed by atoms with Gasteiger partial charge in [0.2, 0.25) is 0 Å². The zero-order valence-corrected chi connectivity index (χ0v) is 10.1. The van der Waals surface area contributed by atoms with Crippen LogP contribution in [-0.4, -0.2) is 35.1 Å². The number of amides is 1. The molecule has 1 aromatic heterocycles. The van der Waals surface area contributed by atoms with Gasteiger partial charge in [0.25, 0.3) is 5.91 Å². The molecule has 0 bridgehead atoms. The maximum atomic E-state index is 12.1. The SMILES string of the molecule is Cc1cc(C(=O)N(CCCO)C(C)C)co1. The molecule has 1 heterocycles. The average Bonchev–Trinajstić information content (AvgIpc) is 2.64. The molecule has 1 amide bonds.